The molecule has 0 aliphatic heterocycles. The standard InChI is InChI=1S/C17H26N2O2/c1-6-8-12-18-15(4)17(20)19-13-14(3)10-9-11-16(7-2)21-5/h6-8,10,12,16H,2,4,9,11,13H2,1,3,5H3,(H,19,20)/b8-6-,14-10-,18-12?. The van der Waals surface area contributed by atoms with E-state index in [0.717, 1.165) is 18.4 Å². The molecule has 0 saturated heterocycles. The van der Waals surface area contributed by atoms with Crippen molar-refractivity contribution in [1.29, 1.82) is 0 Å². The van der Waals surface area contributed by atoms with E-state index in [0.29, 0.717) is 6.54 Å². The highest BCUT2D eigenvalue weighted by Crippen LogP contribution is 2.05. The first-order valence-electron chi connectivity index (χ1n) is 6.98. The number of nitrogens with one attached hydrogen (secondary N) is 1. The molecule has 1 N–H and O–H groups in total. The highest BCUT2D eigenvalue weighted by molar-refractivity contribution is 5.94. The van der Waals surface area contributed by atoms with E-state index >= 15 is 0 Å². The second-order valence-corrected chi connectivity index (χ2v) is 4.57. The van der Waals surface area contributed by atoms with Crippen LogP contribution in [-0.4, -0.2) is 31.9 Å². The second kappa shape index (κ2) is 11.9. The van der Waals surface area contributed by atoms with E-state index in [1.807, 2.05) is 19.9 Å². The molecule has 4 nitrogen and oxygen atoms in total. The molecule has 1 amide bonds. The van der Waals surface area contributed by atoms with Gasteiger partial charge in [0.15, 0.2) is 0 Å². The van der Waals surface area contributed by atoms with Crippen LogP contribution in [0.25, 0.3) is 0 Å². The van der Waals surface area contributed by atoms with Gasteiger partial charge >= 0.3 is 0 Å². The molecule has 0 radical (unpaired) electrons. The van der Waals surface area contributed by atoms with Crippen LogP contribution in [0.5, 0.6) is 0 Å². The molecule has 0 rings (SSSR count). The summed E-state index contributed by atoms with van der Waals surface area (Å²) in [6.07, 6.45) is 10.8. The highest BCUT2D eigenvalue weighted by atomic mass is 16.5. The van der Waals surface area contributed by atoms with Crippen LogP contribution in [0.4, 0.5) is 0 Å². The number of methoxy groups -OCH3 is 1. The molecular weight excluding hydrogens is 264 g/mol. The lowest BCUT2D eigenvalue weighted by molar-refractivity contribution is -0.117. The second-order valence-electron chi connectivity index (χ2n) is 4.57. The van der Waals surface area contributed by atoms with Crippen LogP contribution in [0.15, 0.2) is 53.7 Å². The van der Waals surface area contributed by atoms with Crippen LogP contribution < -0.4 is 5.32 Å². The van der Waals surface area contributed by atoms with E-state index in [1.54, 1.807) is 25.5 Å². The zero-order chi connectivity index (χ0) is 16.1. The van der Waals surface area contributed by atoms with Crippen molar-refractivity contribution in [1.82, 2.24) is 5.32 Å². The van der Waals surface area contributed by atoms with Crippen molar-refractivity contribution in [2.24, 2.45) is 4.99 Å². The topological polar surface area (TPSA) is 50.7 Å². The van der Waals surface area contributed by atoms with Crippen LogP contribution in [0, 0.1) is 0 Å². The number of ether oxygens (including phenoxy) is 1. The van der Waals surface area contributed by atoms with Gasteiger partial charge in [-0.25, -0.2) is 0 Å². The maximum absolute atomic E-state index is 11.7. The Morgan fingerprint density at radius 3 is 2.76 bits per heavy atom. The zero-order valence-corrected chi connectivity index (χ0v) is 13.3. The maximum atomic E-state index is 11.7. The largest absolute Gasteiger partial charge is 0.377 e. The summed E-state index contributed by atoms with van der Waals surface area (Å²) in [5.41, 5.74) is 1.29. The summed E-state index contributed by atoms with van der Waals surface area (Å²) < 4.78 is 5.21. The van der Waals surface area contributed by atoms with Crippen molar-refractivity contribution in [2.75, 3.05) is 13.7 Å². The molecule has 0 bridgehead atoms. The van der Waals surface area contributed by atoms with Crippen LogP contribution >= 0.6 is 0 Å². The molecule has 0 aromatic heterocycles. The quantitative estimate of drug-likeness (QED) is 0.381. The predicted octanol–water partition coefficient (Wildman–Crippen LogP) is 3.19. The number of allylic oxidation sites excluding steroid dienone is 3. The maximum Gasteiger partial charge on any atom is 0.269 e. The van der Waals surface area contributed by atoms with Gasteiger partial charge in [0.05, 0.1) is 6.10 Å². The summed E-state index contributed by atoms with van der Waals surface area (Å²) in [4.78, 5) is 15.6. The summed E-state index contributed by atoms with van der Waals surface area (Å²) in [6, 6.07) is 0. The Bertz CT molecular complexity index is 434. The molecule has 1 atom stereocenters. The predicted molar refractivity (Wildman–Crippen MR) is 89.4 cm³/mol. The van der Waals surface area contributed by atoms with Gasteiger partial charge in [0.1, 0.15) is 5.70 Å². The minimum absolute atomic E-state index is 0.0735. The molecule has 0 aromatic rings. The van der Waals surface area contributed by atoms with Gasteiger partial charge in [-0.15, -0.1) is 6.58 Å². The molecule has 0 aromatic carbocycles. The molecule has 0 aliphatic rings. The first-order chi connectivity index (χ1) is 10.0. The minimum Gasteiger partial charge on any atom is -0.377 e. The number of carbonyl (C=O) groups is 1. The van der Waals surface area contributed by atoms with Gasteiger partial charge in [-0.1, -0.05) is 30.4 Å². The van der Waals surface area contributed by atoms with E-state index in [2.05, 4.69) is 29.5 Å². The molecule has 4 heteroatoms. The number of aliphatic imine (C=N–C) groups is 1. The summed E-state index contributed by atoms with van der Waals surface area (Å²) in [5, 5.41) is 2.78. The van der Waals surface area contributed by atoms with Gasteiger partial charge in [-0.05, 0) is 32.8 Å². The minimum atomic E-state index is -0.260. The van der Waals surface area contributed by atoms with Gasteiger partial charge in [-0.2, -0.15) is 0 Å². The first kappa shape index (κ1) is 19.1. The van der Waals surface area contributed by atoms with Crippen LogP contribution in [0.2, 0.25) is 0 Å². The fraction of sp³-hybridized carbons (Fsp3) is 0.412. The van der Waals surface area contributed by atoms with Gasteiger partial charge in [0.2, 0.25) is 0 Å². The van der Waals surface area contributed by atoms with Crippen molar-refractivity contribution >= 4 is 12.1 Å². The van der Waals surface area contributed by atoms with E-state index < -0.39 is 0 Å². The average Bonchev–Trinajstić information content (AvgIpc) is 2.49. The number of carbonyl (C=O) groups excluding carboxylic acids is 1. The molecule has 1 unspecified atom stereocenters. The lowest BCUT2D eigenvalue weighted by Gasteiger charge is -2.09. The molecular formula is C17H26N2O2. The third-order valence-corrected chi connectivity index (χ3v) is 2.81. The number of hydrogen-bond donors (Lipinski definition) is 1. The van der Waals surface area contributed by atoms with Gasteiger partial charge in [0, 0.05) is 19.9 Å². The third-order valence-electron chi connectivity index (χ3n) is 2.81. The summed E-state index contributed by atoms with van der Waals surface area (Å²) in [6.45, 7) is 11.7. The molecule has 0 heterocycles. The molecule has 0 aliphatic carbocycles. The van der Waals surface area contributed by atoms with Crippen molar-refractivity contribution < 1.29 is 9.53 Å². The van der Waals surface area contributed by atoms with Gasteiger partial charge < -0.3 is 10.1 Å². The van der Waals surface area contributed by atoms with Gasteiger partial charge in [0.25, 0.3) is 5.91 Å². The Kier molecular flexibility index (Phi) is 10.8. The lowest BCUT2D eigenvalue weighted by atomic mass is 10.1. The summed E-state index contributed by atoms with van der Waals surface area (Å²) >= 11 is 0. The fourth-order valence-electron chi connectivity index (χ4n) is 1.50. The number of rotatable bonds is 10. The molecule has 0 fully saturated rings. The van der Waals surface area contributed by atoms with Crippen molar-refractivity contribution in [2.45, 2.75) is 32.8 Å². The summed E-state index contributed by atoms with van der Waals surface area (Å²) in [7, 11) is 1.67. The lowest BCUT2D eigenvalue weighted by Crippen LogP contribution is -2.25. The monoisotopic (exact) mass is 290 g/mol. The average molecular weight is 290 g/mol. The van der Waals surface area contributed by atoms with E-state index in [4.69, 9.17) is 4.74 Å². The Morgan fingerprint density at radius 1 is 1.48 bits per heavy atom. The normalized spacial score (nSPS) is 13.6. The van der Waals surface area contributed by atoms with Gasteiger partial charge in [-0.3, -0.25) is 9.79 Å². The molecule has 0 spiro atoms. The van der Waals surface area contributed by atoms with E-state index in [1.165, 1.54) is 0 Å². The molecule has 21 heavy (non-hydrogen) atoms. The Hall–Kier alpha value is -1.94. The van der Waals surface area contributed by atoms with Crippen LogP contribution in [0.3, 0.4) is 0 Å². The van der Waals surface area contributed by atoms with E-state index in [9.17, 15) is 4.79 Å². The van der Waals surface area contributed by atoms with Crippen molar-refractivity contribution in [3.63, 3.8) is 0 Å². The highest BCUT2D eigenvalue weighted by Gasteiger charge is 2.04. The molecule has 0 saturated carbocycles. The summed E-state index contributed by atoms with van der Waals surface area (Å²) in [5.74, 6) is -0.260. The van der Waals surface area contributed by atoms with Crippen molar-refractivity contribution in [3.05, 3.63) is 48.7 Å². The SMILES string of the molecule is C=CC(CC/C=C(/C)CNC(=O)C(=C)N=C/C=C\C)OC. The Labute approximate surface area is 128 Å². The smallest absolute Gasteiger partial charge is 0.269 e. The Morgan fingerprint density at radius 2 is 2.19 bits per heavy atom. The van der Waals surface area contributed by atoms with E-state index in [-0.39, 0.29) is 17.7 Å². The van der Waals surface area contributed by atoms with Crippen molar-refractivity contribution in [3.8, 4) is 0 Å². The van der Waals surface area contributed by atoms with Crippen LogP contribution in [0.1, 0.15) is 26.7 Å². The number of amides is 1. The fourth-order valence-corrected chi connectivity index (χ4v) is 1.50. The first-order valence-corrected chi connectivity index (χ1v) is 6.98. The Balaban J connectivity index is 4.11. The number of hydrogen-bond acceptors (Lipinski definition) is 3. The third kappa shape index (κ3) is 9.57. The van der Waals surface area contributed by atoms with Crippen LogP contribution in [-0.2, 0) is 9.53 Å². The molecule has 116 valence electrons. The number of nitrogens with zero attached hydrogens (tertiary/aromatic N) is 1. The zero-order valence-electron chi connectivity index (χ0n) is 13.3.